The zero-order chi connectivity index (χ0) is 15.8. The molecule has 1 aromatic heterocycles. The van der Waals surface area contributed by atoms with E-state index < -0.39 is 0 Å². The van der Waals surface area contributed by atoms with Gasteiger partial charge in [0, 0.05) is 23.7 Å². The maximum absolute atomic E-state index is 12.3. The minimum atomic E-state index is -0.0568. The van der Waals surface area contributed by atoms with Gasteiger partial charge in [-0.3, -0.25) is 4.79 Å². The van der Waals surface area contributed by atoms with Gasteiger partial charge in [0.1, 0.15) is 11.9 Å². The molecule has 0 aliphatic carbocycles. The molecule has 0 spiro atoms. The number of ether oxygens (including phenoxy) is 1. The molecule has 2 bridgehead atoms. The summed E-state index contributed by atoms with van der Waals surface area (Å²) in [7, 11) is 0. The van der Waals surface area contributed by atoms with Crippen LogP contribution in [0.25, 0.3) is 0 Å². The van der Waals surface area contributed by atoms with Crippen LogP contribution in [-0.2, 0) is 0 Å². The maximum Gasteiger partial charge on any atom is 0.311 e. The van der Waals surface area contributed by atoms with Crippen LogP contribution in [0.1, 0.15) is 29.6 Å². The fourth-order valence-electron chi connectivity index (χ4n) is 3.31. The molecule has 120 valence electrons. The van der Waals surface area contributed by atoms with Gasteiger partial charge in [-0.25, -0.2) is 4.98 Å². The highest BCUT2D eigenvalue weighted by molar-refractivity contribution is 6.27. The van der Waals surface area contributed by atoms with Crippen LogP contribution < -0.4 is 15.4 Å². The predicted octanol–water partition coefficient (Wildman–Crippen LogP) is 2.74. The molecular weight excluding hydrogens is 318 g/mol. The van der Waals surface area contributed by atoms with Crippen molar-refractivity contribution >= 4 is 17.5 Å². The summed E-state index contributed by atoms with van der Waals surface area (Å²) in [6, 6.07) is 8.09. The van der Waals surface area contributed by atoms with E-state index in [4.69, 9.17) is 20.8 Å². The van der Waals surface area contributed by atoms with E-state index in [9.17, 15) is 4.79 Å². The summed E-state index contributed by atoms with van der Waals surface area (Å²) in [5.74, 6) is 0.704. The van der Waals surface area contributed by atoms with E-state index in [1.165, 1.54) is 12.6 Å². The van der Waals surface area contributed by atoms with Crippen molar-refractivity contribution < 1.29 is 13.9 Å². The Morgan fingerprint density at radius 2 is 2.17 bits per heavy atom. The minimum Gasteiger partial charge on any atom is -0.425 e. The lowest BCUT2D eigenvalue weighted by atomic mass is 9.95. The molecule has 6 nitrogen and oxygen atoms in total. The number of halogens is 1. The molecule has 2 aromatic rings. The zero-order valence-electron chi connectivity index (χ0n) is 12.3. The molecule has 23 heavy (non-hydrogen) atoms. The number of amides is 1. The Morgan fingerprint density at radius 1 is 1.35 bits per heavy atom. The van der Waals surface area contributed by atoms with Gasteiger partial charge < -0.3 is 19.8 Å². The van der Waals surface area contributed by atoms with Gasteiger partial charge in [-0.05, 0) is 55.1 Å². The predicted molar refractivity (Wildman–Crippen MR) is 83.8 cm³/mol. The lowest BCUT2D eigenvalue weighted by Crippen LogP contribution is -2.42. The fourth-order valence-corrected chi connectivity index (χ4v) is 3.44. The molecule has 1 aromatic carbocycles. The summed E-state index contributed by atoms with van der Waals surface area (Å²) in [5.41, 5.74) is 0.607. The number of fused-ring (bicyclic) bond motifs is 2. The second-order valence-electron chi connectivity index (χ2n) is 5.92. The average Bonchev–Trinajstić information content (AvgIpc) is 3.25. The monoisotopic (exact) mass is 333 g/mol. The third-order valence-electron chi connectivity index (χ3n) is 4.41. The van der Waals surface area contributed by atoms with Gasteiger partial charge >= 0.3 is 5.95 Å². The van der Waals surface area contributed by atoms with Crippen molar-refractivity contribution in [3.63, 3.8) is 0 Å². The van der Waals surface area contributed by atoms with Crippen LogP contribution in [0.2, 0.25) is 5.35 Å². The number of rotatable bonds is 4. The number of hydrogen-bond donors (Lipinski definition) is 2. The average molecular weight is 334 g/mol. The molecule has 0 radical (unpaired) electrons. The largest absolute Gasteiger partial charge is 0.425 e. The molecule has 0 saturated carbocycles. The van der Waals surface area contributed by atoms with Crippen molar-refractivity contribution in [1.82, 2.24) is 15.6 Å². The SMILES string of the molecule is O=C(NC1CC2CCC1N2)c1ccc(Oc2cnc(Cl)o2)cc1. The normalized spacial score (nSPS) is 25.5. The number of nitrogens with one attached hydrogen (secondary N) is 2. The van der Waals surface area contributed by atoms with Crippen LogP contribution in [-0.4, -0.2) is 29.0 Å². The van der Waals surface area contributed by atoms with Gasteiger partial charge in [0.2, 0.25) is 0 Å². The Kier molecular flexibility index (Phi) is 3.71. The second kappa shape index (κ2) is 5.86. The van der Waals surface area contributed by atoms with E-state index in [1.54, 1.807) is 24.3 Å². The van der Waals surface area contributed by atoms with Crippen LogP contribution in [0.15, 0.2) is 34.9 Å². The van der Waals surface area contributed by atoms with Crippen molar-refractivity contribution in [1.29, 1.82) is 0 Å². The van der Waals surface area contributed by atoms with E-state index in [0.29, 0.717) is 23.4 Å². The Labute approximate surface area is 138 Å². The molecule has 2 aliphatic heterocycles. The summed E-state index contributed by atoms with van der Waals surface area (Å²) >= 11 is 5.59. The Bertz CT molecular complexity index is 716. The van der Waals surface area contributed by atoms with Crippen LogP contribution in [0.4, 0.5) is 0 Å². The van der Waals surface area contributed by atoms with Crippen molar-refractivity contribution in [3.8, 4) is 11.7 Å². The molecule has 2 saturated heterocycles. The highest BCUT2D eigenvalue weighted by Gasteiger charge is 2.39. The topological polar surface area (TPSA) is 76.4 Å². The highest BCUT2D eigenvalue weighted by atomic mass is 35.5. The number of carbonyl (C=O) groups excluding carboxylic acids is 1. The first kappa shape index (κ1) is 14.5. The molecule has 4 rings (SSSR count). The summed E-state index contributed by atoms with van der Waals surface area (Å²) in [4.78, 5) is 16.1. The van der Waals surface area contributed by atoms with Gasteiger partial charge in [-0.2, -0.15) is 0 Å². The van der Waals surface area contributed by atoms with Crippen molar-refractivity contribution in [2.24, 2.45) is 0 Å². The quantitative estimate of drug-likeness (QED) is 0.899. The molecule has 7 heteroatoms. The lowest BCUT2D eigenvalue weighted by Gasteiger charge is -2.21. The molecule has 2 N–H and O–H groups in total. The Hall–Kier alpha value is -2.05. The Balaban J connectivity index is 1.38. The first-order valence-electron chi connectivity index (χ1n) is 7.63. The van der Waals surface area contributed by atoms with Crippen molar-refractivity contribution in [2.45, 2.75) is 37.4 Å². The number of oxazole rings is 1. The third kappa shape index (κ3) is 3.04. The zero-order valence-corrected chi connectivity index (χ0v) is 13.0. The van der Waals surface area contributed by atoms with Crippen LogP contribution >= 0.6 is 11.6 Å². The second-order valence-corrected chi connectivity index (χ2v) is 6.25. The summed E-state index contributed by atoms with van der Waals surface area (Å²) in [6.45, 7) is 0. The number of carbonyl (C=O) groups is 1. The summed E-state index contributed by atoms with van der Waals surface area (Å²) in [6.07, 6.45) is 4.77. The molecule has 2 fully saturated rings. The number of hydrogen-bond acceptors (Lipinski definition) is 5. The van der Waals surface area contributed by atoms with E-state index in [2.05, 4.69) is 15.6 Å². The van der Waals surface area contributed by atoms with Gasteiger partial charge in [0.15, 0.2) is 0 Å². The molecule has 2 aliphatic rings. The van der Waals surface area contributed by atoms with Gasteiger partial charge in [0.05, 0.1) is 0 Å². The molecule has 3 unspecified atom stereocenters. The van der Waals surface area contributed by atoms with Gasteiger partial charge in [-0.15, -0.1) is 0 Å². The molecule has 3 atom stereocenters. The number of nitrogens with zero attached hydrogens (tertiary/aromatic N) is 1. The van der Waals surface area contributed by atoms with E-state index in [0.717, 1.165) is 12.8 Å². The first-order chi connectivity index (χ1) is 11.2. The van der Waals surface area contributed by atoms with Crippen LogP contribution in [0.5, 0.6) is 11.7 Å². The van der Waals surface area contributed by atoms with Crippen LogP contribution in [0, 0.1) is 0 Å². The maximum atomic E-state index is 12.3. The standard InChI is InChI=1S/C16H16ClN3O3/c17-16-18-8-14(23-16)22-11-4-1-9(2-5-11)15(21)20-13-7-10-3-6-12(13)19-10/h1-2,4-5,8,10,12-13,19H,3,6-7H2,(H,20,21). The number of aromatic nitrogens is 1. The van der Waals surface area contributed by atoms with Crippen molar-refractivity contribution in [2.75, 3.05) is 0 Å². The first-order valence-corrected chi connectivity index (χ1v) is 8.01. The summed E-state index contributed by atoms with van der Waals surface area (Å²) in [5, 5.41) is 6.65. The van der Waals surface area contributed by atoms with Crippen molar-refractivity contribution in [3.05, 3.63) is 41.4 Å². The molecular formula is C16H16ClN3O3. The minimum absolute atomic E-state index is 0.0236. The third-order valence-corrected chi connectivity index (χ3v) is 4.58. The fraction of sp³-hybridized carbons (Fsp3) is 0.375. The van der Waals surface area contributed by atoms with Gasteiger partial charge in [0.25, 0.3) is 11.3 Å². The highest BCUT2D eigenvalue weighted by Crippen LogP contribution is 2.28. The molecule has 3 heterocycles. The molecule has 1 amide bonds. The van der Waals surface area contributed by atoms with Gasteiger partial charge in [-0.1, -0.05) is 0 Å². The van der Waals surface area contributed by atoms with E-state index in [-0.39, 0.29) is 23.2 Å². The van der Waals surface area contributed by atoms with E-state index >= 15 is 0 Å². The Morgan fingerprint density at radius 3 is 2.78 bits per heavy atom. The lowest BCUT2D eigenvalue weighted by molar-refractivity contribution is 0.0931. The number of benzene rings is 1. The van der Waals surface area contributed by atoms with Crippen LogP contribution in [0.3, 0.4) is 0 Å². The van der Waals surface area contributed by atoms with E-state index in [1.807, 2.05) is 0 Å². The smallest absolute Gasteiger partial charge is 0.311 e. The summed E-state index contributed by atoms with van der Waals surface area (Å²) < 4.78 is 10.5.